The van der Waals surface area contributed by atoms with Gasteiger partial charge in [0.2, 0.25) is 11.8 Å². The number of para-hydroxylation sites is 2. The van der Waals surface area contributed by atoms with Crippen LogP contribution < -0.4 is 10.2 Å². The standard InChI is InChI=1S/C19H22N4O3S/c24-16-4-2-1-3-15(16)22-7-9-23(10-8-22)17(25)11-14-12-27-19(20-14)21-18(26)13-5-6-13/h1-4,12-13,24H,5-11H2,(H,20,21,26). The molecule has 2 aliphatic rings. The number of phenolic OH excluding ortho intramolecular Hbond substituents is 1. The SMILES string of the molecule is O=C(Nc1nc(CC(=O)N2CCN(c3ccccc3O)CC2)cs1)C1CC1. The van der Waals surface area contributed by atoms with Crippen LogP contribution in [0.15, 0.2) is 29.6 Å². The lowest BCUT2D eigenvalue weighted by atomic mass is 10.2. The quantitative estimate of drug-likeness (QED) is 0.822. The minimum atomic E-state index is 0.0301. The summed E-state index contributed by atoms with van der Waals surface area (Å²) in [6.07, 6.45) is 2.15. The second-order valence-corrected chi connectivity index (χ2v) is 7.80. The number of phenols is 1. The molecule has 0 bridgehead atoms. The fourth-order valence-corrected chi connectivity index (χ4v) is 3.91. The summed E-state index contributed by atoms with van der Waals surface area (Å²) in [7, 11) is 0. The van der Waals surface area contributed by atoms with Crippen LogP contribution in [0.2, 0.25) is 0 Å². The Balaban J connectivity index is 1.29. The summed E-state index contributed by atoms with van der Waals surface area (Å²) >= 11 is 1.36. The Morgan fingerprint density at radius 3 is 2.63 bits per heavy atom. The third-order valence-electron chi connectivity index (χ3n) is 4.92. The number of piperazine rings is 1. The molecular formula is C19H22N4O3S. The van der Waals surface area contributed by atoms with Gasteiger partial charge in [-0.1, -0.05) is 12.1 Å². The van der Waals surface area contributed by atoms with Gasteiger partial charge in [0.25, 0.3) is 0 Å². The predicted molar refractivity (Wildman–Crippen MR) is 104 cm³/mol. The number of hydrogen-bond donors (Lipinski definition) is 2. The molecule has 2 aromatic rings. The minimum absolute atomic E-state index is 0.0301. The molecule has 7 nitrogen and oxygen atoms in total. The van der Waals surface area contributed by atoms with Gasteiger partial charge in [-0.3, -0.25) is 9.59 Å². The lowest BCUT2D eigenvalue weighted by Crippen LogP contribution is -2.49. The molecule has 0 unspecified atom stereocenters. The Morgan fingerprint density at radius 1 is 1.19 bits per heavy atom. The smallest absolute Gasteiger partial charge is 0.229 e. The van der Waals surface area contributed by atoms with Crippen molar-refractivity contribution in [3.05, 3.63) is 35.3 Å². The van der Waals surface area contributed by atoms with Crippen molar-refractivity contribution in [3.63, 3.8) is 0 Å². The van der Waals surface area contributed by atoms with E-state index in [2.05, 4.69) is 15.2 Å². The van der Waals surface area contributed by atoms with E-state index >= 15 is 0 Å². The number of amides is 2. The van der Waals surface area contributed by atoms with E-state index in [0.29, 0.717) is 37.0 Å². The fraction of sp³-hybridized carbons (Fsp3) is 0.421. The molecule has 8 heteroatoms. The second-order valence-electron chi connectivity index (χ2n) is 6.94. The second kappa shape index (κ2) is 7.56. The molecule has 27 heavy (non-hydrogen) atoms. The fourth-order valence-electron chi connectivity index (χ4n) is 3.19. The van der Waals surface area contributed by atoms with Crippen LogP contribution in [0.3, 0.4) is 0 Å². The van der Waals surface area contributed by atoms with E-state index in [1.165, 1.54) is 11.3 Å². The molecule has 1 aromatic carbocycles. The summed E-state index contributed by atoms with van der Waals surface area (Å²) in [5.74, 6) is 0.472. The minimum Gasteiger partial charge on any atom is -0.506 e. The number of hydrogen-bond acceptors (Lipinski definition) is 6. The van der Waals surface area contributed by atoms with Crippen molar-refractivity contribution in [2.45, 2.75) is 19.3 Å². The molecule has 0 radical (unpaired) electrons. The molecule has 1 saturated heterocycles. The summed E-state index contributed by atoms with van der Waals surface area (Å²) in [6, 6.07) is 7.26. The van der Waals surface area contributed by atoms with Crippen LogP contribution in [0.25, 0.3) is 0 Å². The van der Waals surface area contributed by atoms with E-state index in [0.717, 1.165) is 18.5 Å². The molecule has 1 saturated carbocycles. The lowest BCUT2D eigenvalue weighted by Gasteiger charge is -2.36. The Kier molecular flexibility index (Phi) is 4.98. The van der Waals surface area contributed by atoms with E-state index < -0.39 is 0 Å². The van der Waals surface area contributed by atoms with Crippen molar-refractivity contribution in [1.82, 2.24) is 9.88 Å². The number of anilines is 2. The monoisotopic (exact) mass is 386 g/mol. The highest BCUT2D eigenvalue weighted by Crippen LogP contribution is 2.31. The maximum Gasteiger partial charge on any atom is 0.229 e. The molecule has 2 N–H and O–H groups in total. The topological polar surface area (TPSA) is 85.8 Å². The summed E-state index contributed by atoms with van der Waals surface area (Å²) in [5, 5.41) is 15.2. The zero-order valence-electron chi connectivity index (χ0n) is 14.9. The Bertz CT molecular complexity index is 841. The highest BCUT2D eigenvalue weighted by Gasteiger charge is 2.30. The number of carbonyl (C=O) groups is 2. The molecule has 0 spiro atoms. The molecule has 2 fully saturated rings. The molecule has 2 heterocycles. The van der Waals surface area contributed by atoms with Crippen LogP contribution in [0, 0.1) is 5.92 Å². The third kappa shape index (κ3) is 4.21. The number of aromatic hydroxyl groups is 1. The number of nitrogens with zero attached hydrogens (tertiary/aromatic N) is 3. The molecule has 2 amide bonds. The van der Waals surface area contributed by atoms with E-state index in [4.69, 9.17) is 0 Å². The van der Waals surface area contributed by atoms with Gasteiger partial charge in [-0.2, -0.15) is 0 Å². The zero-order valence-corrected chi connectivity index (χ0v) is 15.7. The van der Waals surface area contributed by atoms with Crippen molar-refractivity contribution < 1.29 is 14.7 Å². The van der Waals surface area contributed by atoms with Crippen molar-refractivity contribution in [2.24, 2.45) is 5.92 Å². The third-order valence-corrected chi connectivity index (χ3v) is 5.72. The van der Waals surface area contributed by atoms with Gasteiger partial charge in [-0.15, -0.1) is 11.3 Å². The molecule has 1 aromatic heterocycles. The van der Waals surface area contributed by atoms with Crippen LogP contribution in [0.5, 0.6) is 5.75 Å². The Hall–Kier alpha value is -2.61. The van der Waals surface area contributed by atoms with Crippen molar-refractivity contribution in [1.29, 1.82) is 0 Å². The molecule has 142 valence electrons. The van der Waals surface area contributed by atoms with Gasteiger partial charge < -0.3 is 20.2 Å². The van der Waals surface area contributed by atoms with Crippen LogP contribution in [0.4, 0.5) is 10.8 Å². The molecule has 1 aliphatic heterocycles. The number of aromatic nitrogens is 1. The number of rotatable bonds is 5. The Labute approximate surface area is 161 Å². The first-order chi connectivity index (χ1) is 13.1. The van der Waals surface area contributed by atoms with Crippen LogP contribution in [-0.2, 0) is 16.0 Å². The van der Waals surface area contributed by atoms with Gasteiger partial charge in [0.05, 0.1) is 17.8 Å². The van der Waals surface area contributed by atoms with Crippen LogP contribution >= 0.6 is 11.3 Å². The van der Waals surface area contributed by atoms with Gasteiger partial charge in [0, 0.05) is 37.5 Å². The van der Waals surface area contributed by atoms with Crippen LogP contribution in [-0.4, -0.2) is 53.0 Å². The van der Waals surface area contributed by atoms with E-state index in [9.17, 15) is 14.7 Å². The molecule has 0 atom stereocenters. The van der Waals surface area contributed by atoms with E-state index in [1.54, 1.807) is 12.1 Å². The van der Waals surface area contributed by atoms with Gasteiger partial charge in [-0.05, 0) is 25.0 Å². The lowest BCUT2D eigenvalue weighted by molar-refractivity contribution is -0.130. The van der Waals surface area contributed by atoms with Crippen molar-refractivity contribution in [3.8, 4) is 5.75 Å². The zero-order chi connectivity index (χ0) is 18.8. The van der Waals surface area contributed by atoms with Gasteiger partial charge in [0.1, 0.15) is 5.75 Å². The first-order valence-electron chi connectivity index (χ1n) is 9.16. The van der Waals surface area contributed by atoms with Crippen molar-refractivity contribution >= 4 is 34.0 Å². The van der Waals surface area contributed by atoms with Crippen molar-refractivity contribution in [2.75, 3.05) is 36.4 Å². The first kappa shape index (κ1) is 17.8. The largest absolute Gasteiger partial charge is 0.506 e. The van der Waals surface area contributed by atoms with Crippen LogP contribution in [0.1, 0.15) is 18.5 Å². The van der Waals surface area contributed by atoms with Gasteiger partial charge in [-0.25, -0.2) is 4.98 Å². The maximum absolute atomic E-state index is 12.6. The maximum atomic E-state index is 12.6. The number of nitrogens with one attached hydrogen (secondary N) is 1. The number of thiazole rings is 1. The summed E-state index contributed by atoms with van der Waals surface area (Å²) in [4.78, 5) is 32.6. The molecular weight excluding hydrogens is 364 g/mol. The molecule has 1 aliphatic carbocycles. The summed E-state index contributed by atoms with van der Waals surface area (Å²) in [5.41, 5.74) is 1.50. The van der Waals surface area contributed by atoms with E-state index in [1.807, 2.05) is 22.4 Å². The average Bonchev–Trinajstić information content (AvgIpc) is 3.44. The number of carbonyl (C=O) groups excluding carboxylic acids is 2. The summed E-state index contributed by atoms with van der Waals surface area (Å²) in [6.45, 7) is 2.59. The number of benzene rings is 1. The first-order valence-corrected chi connectivity index (χ1v) is 10.0. The Morgan fingerprint density at radius 2 is 1.93 bits per heavy atom. The predicted octanol–water partition coefficient (Wildman–Crippen LogP) is 2.09. The van der Waals surface area contributed by atoms with Gasteiger partial charge in [0.15, 0.2) is 5.13 Å². The summed E-state index contributed by atoms with van der Waals surface area (Å²) < 4.78 is 0. The normalized spacial score (nSPS) is 17.0. The molecule has 4 rings (SSSR count). The van der Waals surface area contributed by atoms with Gasteiger partial charge >= 0.3 is 0 Å². The highest BCUT2D eigenvalue weighted by atomic mass is 32.1. The highest BCUT2D eigenvalue weighted by molar-refractivity contribution is 7.13. The van der Waals surface area contributed by atoms with E-state index in [-0.39, 0.29) is 29.9 Å². The average molecular weight is 386 g/mol.